The van der Waals surface area contributed by atoms with Crippen LogP contribution in [0.15, 0.2) is 60.3 Å². The van der Waals surface area contributed by atoms with E-state index in [9.17, 15) is 8.42 Å². The Morgan fingerprint density at radius 3 is 2.45 bits per heavy atom. The second-order valence-electron chi connectivity index (χ2n) is 5.26. The highest BCUT2D eigenvalue weighted by Crippen LogP contribution is 2.15. The molecule has 0 fully saturated rings. The highest BCUT2D eigenvalue weighted by molar-refractivity contribution is 7.92. The molecule has 22 heavy (non-hydrogen) atoms. The highest BCUT2D eigenvalue weighted by Gasteiger charge is 2.22. The highest BCUT2D eigenvalue weighted by atomic mass is 32.2. The van der Waals surface area contributed by atoms with Gasteiger partial charge in [0, 0.05) is 30.4 Å². The number of pyridine rings is 1. The van der Waals surface area contributed by atoms with Crippen LogP contribution >= 0.6 is 0 Å². The van der Waals surface area contributed by atoms with Crippen molar-refractivity contribution < 1.29 is 8.42 Å². The van der Waals surface area contributed by atoms with Gasteiger partial charge in [-0.1, -0.05) is 36.4 Å². The quantitative estimate of drug-likeness (QED) is 0.821. The van der Waals surface area contributed by atoms with Gasteiger partial charge in [-0.2, -0.15) is 4.31 Å². The lowest BCUT2D eigenvalue weighted by Crippen LogP contribution is -2.35. The molecule has 2 aromatic rings. The fourth-order valence-electron chi connectivity index (χ4n) is 2.04. The molecule has 1 aromatic heterocycles. The predicted octanol–water partition coefficient (Wildman–Crippen LogP) is 3.29. The summed E-state index contributed by atoms with van der Waals surface area (Å²) in [5.41, 5.74) is 1.73. The van der Waals surface area contributed by atoms with Crippen molar-refractivity contribution in [2.75, 3.05) is 0 Å². The topological polar surface area (TPSA) is 50.3 Å². The number of nitrogens with zero attached hydrogens (tertiary/aromatic N) is 2. The molecule has 0 aliphatic heterocycles. The van der Waals surface area contributed by atoms with Crippen LogP contribution in [0.5, 0.6) is 0 Å². The lowest BCUT2D eigenvalue weighted by molar-refractivity contribution is 0.352. The SMILES string of the molecule is CC(C)N(Cc1cccnc1)S(=O)(=O)/C=C/c1ccccc1. The first kappa shape index (κ1) is 16.4. The van der Waals surface area contributed by atoms with Crippen LogP contribution in [0, 0.1) is 0 Å². The zero-order chi connectivity index (χ0) is 16.0. The average molecular weight is 316 g/mol. The largest absolute Gasteiger partial charge is 0.264 e. The summed E-state index contributed by atoms with van der Waals surface area (Å²) in [4.78, 5) is 4.03. The van der Waals surface area contributed by atoms with E-state index in [1.807, 2.05) is 50.2 Å². The third-order valence-corrected chi connectivity index (χ3v) is 4.88. The van der Waals surface area contributed by atoms with Crippen molar-refractivity contribution in [2.45, 2.75) is 26.4 Å². The molecule has 0 spiro atoms. The van der Waals surface area contributed by atoms with Crippen molar-refractivity contribution in [1.82, 2.24) is 9.29 Å². The van der Waals surface area contributed by atoms with Crippen molar-refractivity contribution in [3.8, 4) is 0 Å². The Morgan fingerprint density at radius 1 is 1.14 bits per heavy atom. The molecule has 0 aliphatic rings. The van der Waals surface area contributed by atoms with E-state index in [0.717, 1.165) is 11.1 Å². The minimum Gasteiger partial charge on any atom is -0.264 e. The van der Waals surface area contributed by atoms with Gasteiger partial charge in [-0.25, -0.2) is 8.42 Å². The zero-order valence-electron chi connectivity index (χ0n) is 12.8. The summed E-state index contributed by atoms with van der Waals surface area (Å²) in [6, 6.07) is 12.9. The van der Waals surface area contributed by atoms with Gasteiger partial charge in [-0.15, -0.1) is 0 Å². The number of hydrogen-bond acceptors (Lipinski definition) is 3. The number of rotatable bonds is 6. The first-order valence-electron chi connectivity index (χ1n) is 7.13. The Balaban J connectivity index is 2.21. The Hall–Kier alpha value is -1.98. The van der Waals surface area contributed by atoms with Crippen LogP contribution < -0.4 is 0 Å². The van der Waals surface area contributed by atoms with E-state index < -0.39 is 10.0 Å². The summed E-state index contributed by atoms with van der Waals surface area (Å²) >= 11 is 0. The van der Waals surface area contributed by atoms with Crippen LogP contribution in [0.3, 0.4) is 0 Å². The van der Waals surface area contributed by atoms with Gasteiger partial charge in [-0.05, 0) is 37.1 Å². The number of sulfonamides is 1. The molecule has 4 nitrogen and oxygen atoms in total. The van der Waals surface area contributed by atoms with Gasteiger partial charge >= 0.3 is 0 Å². The number of benzene rings is 1. The second-order valence-corrected chi connectivity index (χ2v) is 7.03. The Kier molecular flexibility index (Phi) is 5.46. The summed E-state index contributed by atoms with van der Waals surface area (Å²) in [7, 11) is -3.49. The zero-order valence-corrected chi connectivity index (χ0v) is 13.6. The van der Waals surface area contributed by atoms with E-state index in [1.54, 1.807) is 24.5 Å². The first-order chi connectivity index (χ1) is 10.5. The molecule has 0 bridgehead atoms. The number of aromatic nitrogens is 1. The van der Waals surface area contributed by atoms with Crippen LogP contribution in [0.2, 0.25) is 0 Å². The van der Waals surface area contributed by atoms with E-state index >= 15 is 0 Å². The van der Waals surface area contributed by atoms with Gasteiger partial charge in [0.05, 0.1) is 0 Å². The molecule has 116 valence electrons. The third kappa shape index (κ3) is 4.51. The molecule has 2 rings (SSSR count). The molecule has 0 aliphatic carbocycles. The minimum atomic E-state index is -3.49. The van der Waals surface area contributed by atoms with Crippen LogP contribution in [-0.2, 0) is 16.6 Å². The molecule has 0 saturated carbocycles. The van der Waals surface area contributed by atoms with Gasteiger partial charge in [0.25, 0.3) is 0 Å². The molecule has 5 heteroatoms. The van der Waals surface area contributed by atoms with Crippen molar-refractivity contribution in [3.05, 3.63) is 71.4 Å². The average Bonchev–Trinajstić information content (AvgIpc) is 2.52. The molecule has 0 radical (unpaired) electrons. The van der Waals surface area contributed by atoms with Crippen molar-refractivity contribution >= 4 is 16.1 Å². The summed E-state index contributed by atoms with van der Waals surface area (Å²) < 4.78 is 26.6. The molecule has 1 aromatic carbocycles. The smallest absolute Gasteiger partial charge is 0.236 e. The summed E-state index contributed by atoms with van der Waals surface area (Å²) in [5.74, 6) is 0. The summed E-state index contributed by atoms with van der Waals surface area (Å²) in [6.07, 6.45) is 4.98. The monoisotopic (exact) mass is 316 g/mol. The predicted molar refractivity (Wildman–Crippen MR) is 89.3 cm³/mol. The standard InChI is InChI=1S/C17H20N2O2S/c1-15(2)19(14-17-9-6-11-18-13-17)22(20,21)12-10-16-7-4-3-5-8-16/h3-13,15H,14H2,1-2H3/b12-10+. The van der Waals surface area contributed by atoms with Crippen molar-refractivity contribution in [3.63, 3.8) is 0 Å². The Morgan fingerprint density at radius 2 is 1.86 bits per heavy atom. The van der Waals surface area contributed by atoms with E-state index in [1.165, 1.54) is 9.71 Å². The molecule has 0 unspecified atom stereocenters. The maximum Gasteiger partial charge on any atom is 0.236 e. The molecule has 0 amide bonds. The fourth-order valence-corrected chi connectivity index (χ4v) is 3.45. The molecular formula is C17H20N2O2S. The first-order valence-corrected chi connectivity index (χ1v) is 8.63. The van der Waals surface area contributed by atoms with Gasteiger partial charge in [0.1, 0.15) is 0 Å². The summed E-state index contributed by atoms with van der Waals surface area (Å²) in [5, 5.41) is 1.26. The second kappa shape index (κ2) is 7.33. The molecular weight excluding hydrogens is 296 g/mol. The molecule has 0 N–H and O–H groups in total. The minimum absolute atomic E-state index is 0.134. The lowest BCUT2D eigenvalue weighted by Gasteiger charge is -2.24. The maximum atomic E-state index is 12.6. The number of hydrogen-bond donors (Lipinski definition) is 0. The van der Waals surface area contributed by atoms with E-state index in [-0.39, 0.29) is 6.04 Å². The van der Waals surface area contributed by atoms with Crippen LogP contribution in [-0.4, -0.2) is 23.7 Å². The van der Waals surface area contributed by atoms with Crippen LogP contribution in [0.1, 0.15) is 25.0 Å². The lowest BCUT2D eigenvalue weighted by atomic mass is 10.2. The molecule has 0 saturated heterocycles. The van der Waals surface area contributed by atoms with Crippen molar-refractivity contribution in [2.24, 2.45) is 0 Å². The normalized spacial score (nSPS) is 12.4. The van der Waals surface area contributed by atoms with E-state index in [0.29, 0.717) is 6.54 Å². The van der Waals surface area contributed by atoms with Crippen LogP contribution in [0.25, 0.3) is 6.08 Å². The Bertz CT molecular complexity index is 711. The third-order valence-electron chi connectivity index (χ3n) is 3.20. The molecule has 1 heterocycles. The maximum absolute atomic E-state index is 12.6. The van der Waals surface area contributed by atoms with Gasteiger partial charge in [0.2, 0.25) is 10.0 Å². The summed E-state index contributed by atoms with van der Waals surface area (Å²) in [6.45, 7) is 4.04. The Labute approximate surface area is 132 Å². The fraction of sp³-hybridized carbons (Fsp3) is 0.235. The van der Waals surface area contributed by atoms with Crippen LogP contribution in [0.4, 0.5) is 0 Å². The van der Waals surface area contributed by atoms with E-state index in [4.69, 9.17) is 0 Å². The van der Waals surface area contributed by atoms with E-state index in [2.05, 4.69) is 4.98 Å². The van der Waals surface area contributed by atoms with Crippen molar-refractivity contribution in [1.29, 1.82) is 0 Å². The van der Waals surface area contributed by atoms with Gasteiger partial charge < -0.3 is 0 Å². The van der Waals surface area contributed by atoms with Gasteiger partial charge in [0.15, 0.2) is 0 Å². The molecule has 0 atom stereocenters. The van der Waals surface area contributed by atoms with Gasteiger partial charge in [-0.3, -0.25) is 4.98 Å².